The van der Waals surface area contributed by atoms with E-state index in [1.54, 1.807) is 25.1 Å². The van der Waals surface area contributed by atoms with Gasteiger partial charge < -0.3 is 15.4 Å². The number of benzene rings is 1. The Bertz CT molecular complexity index is 843. The number of carbonyl (C=O) groups is 1. The first kappa shape index (κ1) is 21.9. The molecular formula is C20H27Cl2N5O2. The zero-order valence-corrected chi connectivity index (χ0v) is 18.3. The predicted octanol–water partition coefficient (Wildman–Crippen LogP) is 3.17. The van der Waals surface area contributed by atoms with E-state index in [1.807, 2.05) is 16.5 Å². The number of hydrogen-bond acceptors (Lipinski definition) is 5. The van der Waals surface area contributed by atoms with Gasteiger partial charge in [0.05, 0.1) is 12.2 Å². The Kier molecular flexibility index (Phi) is 7.40. The molecule has 2 N–H and O–H groups in total. The molecule has 1 fully saturated rings. The van der Waals surface area contributed by atoms with E-state index in [9.17, 15) is 4.79 Å². The Hall–Kier alpha value is -1.80. The first-order valence-electron chi connectivity index (χ1n) is 9.81. The number of amides is 1. The van der Waals surface area contributed by atoms with Crippen molar-refractivity contribution in [3.63, 3.8) is 0 Å². The lowest BCUT2D eigenvalue weighted by Gasteiger charge is -2.34. The van der Waals surface area contributed by atoms with Gasteiger partial charge in [0.15, 0.2) is 5.75 Å². The van der Waals surface area contributed by atoms with Crippen LogP contribution in [0.2, 0.25) is 10.0 Å². The lowest BCUT2D eigenvalue weighted by atomic mass is 10.2. The summed E-state index contributed by atoms with van der Waals surface area (Å²) in [6.45, 7) is 8.47. The first-order valence-corrected chi connectivity index (χ1v) is 10.6. The molecule has 1 saturated heterocycles. The maximum absolute atomic E-state index is 11.6. The highest BCUT2D eigenvalue weighted by molar-refractivity contribution is 6.34. The van der Waals surface area contributed by atoms with Gasteiger partial charge in [0, 0.05) is 56.2 Å². The van der Waals surface area contributed by atoms with Crippen LogP contribution >= 0.6 is 23.2 Å². The van der Waals surface area contributed by atoms with Crippen molar-refractivity contribution in [1.82, 2.24) is 19.6 Å². The zero-order chi connectivity index (χ0) is 21.0. The summed E-state index contributed by atoms with van der Waals surface area (Å²) in [5, 5.41) is 5.75. The van der Waals surface area contributed by atoms with Crippen molar-refractivity contribution in [1.29, 1.82) is 0 Å². The third kappa shape index (κ3) is 5.42. The fraction of sp³-hybridized carbons (Fsp3) is 0.500. The van der Waals surface area contributed by atoms with Gasteiger partial charge in [-0.3, -0.25) is 14.4 Å². The monoisotopic (exact) mass is 439 g/mol. The van der Waals surface area contributed by atoms with Crippen LogP contribution in [-0.4, -0.2) is 58.2 Å². The van der Waals surface area contributed by atoms with Gasteiger partial charge in [-0.2, -0.15) is 5.10 Å². The highest BCUT2D eigenvalue weighted by Crippen LogP contribution is 2.34. The van der Waals surface area contributed by atoms with Gasteiger partial charge in [-0.25, -0.2) is 0 Å². The molecule has 2 heterocycles. The number of nitrogens with two attached hydrogens (primary N) is 1. The van der Waals surface area contributed by atoms with E-state index < -0.39 is 0 Å². The molecular weight excluding hydrogens is 413 g/mol. The van der Waals surface area contributed by atoms with Crippen LogP contribution in [0.3, 0.4) is 0 Å². The largest absolute Gasteiger partial charge is 0.453 e. The Balaban J connectivity index is 1.87. The molecule has 1 aromatic heterocycles. The number of rotatable bonds is 7. The van der Waals surface area contributed by atoms with Gasteiger partial charge in [-0.1, -0.05) is 30.1 Å². The summed E-state index contributed by atoms with van der Waals surface area (Å²) >= 11 is 12.3. The van der Waals surface area contributed by atoms with E-state index in [-0.39, 0.29) is 5.91 Å². The quantitative estimate of drug-likeness (QED) is 0.716. The molecule has 0 atom stereocenters. The van der Waals surface area contributed by atoms with Crippen LogP contribution in [0.15, 0.2) is 18.2 Å². The third-order valence-corrected chi connectivity index (χ3v) is 5.44. The molecule has 29 heavy (non-hydrogen) atoms. The molecule has 9 heteroatoms. The summed E-state index contributed by atoms with van der Waals surface area (Å²) in [6, 6.07) is 5.15. The molecule has 2 aromatic rings. The summed E-state index contributed by atoms with van der Waals surface area (Å²) in [5.74, 6) is 1.42. The second-order valence-corrected chi connectivity index (χ2v) is 7.95. The van der Waals surface area contributed by atoms with Gasteiger partial charge in [-0.05, 0) is 24.6 Å². The Labute approximate surface area is 181 Å². The summed E-state index contributed by atoms with van der Waals surface area (Å²) in [6.07, 6.45) is 0.728. The molecule has 1 aliphatic heterocycles. The number of ether oxygens (including phenoxy) is 1. The van der Waals surface area contributed by atoms with Crippen LogP contribution in [-0.2, 0) is 24.3 Å². The average molecular weight is 440 g/mol. The number of piperazine rings is 1. The van der Waals surface area contributed by atoms with E-state index >= 15 is 0 Å². The minimum absolute atomic E-state index is 0.118. The highest BCUT2D eigenvalue weighted by Gasteiger charge is 2.24. The second-order valence-electron chi connectivity index (χ2n) is 7.08. The number of aromatic nitrogens is 2. The third-order valence-electron chi connectivity index (χ3n) is 5.00. The SMILES string of the molecule is CCc1nn(CCN)c(CN2CCN(C(C)=O)CC2)c1Oc1cc(Cl)cc(Cl)c1. The lowest BCUT2D eigenvalue weighted by molar-refractivity contribution is -0.130. The molecule has 0 spiro atoms. The summed E-state index contributed by atoms with van der Waals surface area (Å²) < 4.78 is 8.17. The van der Waals surface area contributed by atoms with Crippen molar-refractivity contribution in [2.75, 3.05) is 32.7 Å². The molecule has 1 aromatic carbocycles. The Morgan fingerprint density at radius 3 is 2.38 bits per heavy atom. The molecule has 158 valence electrons. The molecule has 0 saturated carbocycles. The second kappa shape index (κ2) is 9.80. The minimum atomic E-state index is 0.118. The number of aryl methyl sites for hydroxylation is 1. The van der Waals surface area contributed by atoms with Crippen LogP contribution in [0.25, 0.3) is 0 Å². The van der Waals surface area contributed by atoms with E-state index in [2.05, 4.69) is 4.90 Å². The molecule has 0 radical (unpaired) electrons. The van der Waals surface area contributed by atoms with E-state index in [4.69, 9.17) is 38.8 Å². The molecule has 0 bridgehead atoms. The van der Waals surface area contributed by atoms with Gasteiger partial charge in [0.25, 0.3) is 0 Å². The van der Waals surface area contributed by atoms with Crippen molar-refractivity contribution in [3.05, 3.63) is 39.6 Å². The van der Waals surface area contributed by atoms with Crippen LogP contribution in [0.5, 0.6) is 11.5 Å². The van der Waals surface area contributed by atoms with Gasteiger partial charge in [0.1, 0.15) is 11.4 Å². The van der Waals surface area contributed by atoms with Gasteiger partial charge in [0.2, 0.25) is 5.91 Å². The molecule has 7 nitrogen and oxygen atoms in total. The van der Waals surface area contributed by atoms with Crippen LogP contribution in [0.4, 0.5) is 0 Å². The van der Waals surface area contributed by atoms with Crippen molar-refractivity contribution in [2.45, 2.75) is 33.4 Å². The zero-order valence-electron chi connectivity index (χ0n) is 16.8. The predicted molar refractivity (Wildman–Crippen MR) is 115 cm³/mol. The van der Waals surface area contributed by atoms with Crippen molar-refractivity contribution in [2.24, 2.45) is 5.73 Å². The smallest absolute Gasteiger partial charge is 0.219 e. The van der Waals surface area contributed by atoms with E-state index in [0.29, 0.717) is 35.4 Å². The fourth-order valence-corrected chi connectivity index (χ4v) is 3.99. The minimum Gasteiger partial charge on any atom is -0.453 e. The summed E-state index contributed by atoms with van der Waals surface area (Å²) in [7, 11) is 0. The van der Waals surface area contributed by atoms with Crippen molar-refractivity contribution < 1.29 is 9.53 Å². The number of carbonyl (C=O) groups excluding carboxylic acids is 1. The maximum Gasteiger partial charge on any atom is 0.219 e. The van der Waals surface area contributed by atoms with E-state index in [1.165, 1.54) is 0 Å². The van der Waals surface area contributed by atoms with E-state index in [0.717, 1.165) is 49.7 Å². The van der Waals surface area contributed by atoms with Crippen LogP contribution < -0.4 is 10.5 Å². The van der Waals surface area contributed by atoms with Gasteiger partial charge in [-0.15, -0.1) is 0 Å². The molecule has 0 unspecified atom stereocenters. The number of hydrogen-bond donors (Lipinski definition) is 1. The molecule has 1 amide bonds. The maximum atomic E-state index is 11.6. The standard InChI is InChI=1S/C20H27Cl2N5O2/c1-3-18-20(29-17-11-15(21)10-16(22)12-17)19(27(24-18)5-4-23)13-25-6-8-26(9-7-25)14(2)28/h10-12H,3-9,13,23H2,1-2H3. The van der Waals surface area contributed by atoms with Crippen molar-refractivity contribution in [3.8, 4) is 11.5 Å². The average Bonchev–Trinajstić information content (AvgIpc) is 2.98. The number of nitrogens with zero attached hydrogens (tertiary/aromatic N) is 4. The molecule has 0 aliphatic carbocycles. The number of halogens is 2. The highest BCUT2D eigenvalue weighted by atomic mass is 35.5. The normalized spacial score (nSPS) is 15.0. The molecule has 1 aliphatic rings. The summed E-state index contributed by atoms with van der Waals surface area (Å²) in [4.78, 5) is 15.8. The van der Waals surface area contributed by atoms with Crippen LogP contribution in [0.1, 0.15) is 25.2 Å². The van der Waals surface area contributed by atoms with Crippen LogP contribution in [0, 0.1) is 0 Å². The first-order chi connectivity index (χ1) is 13.9. The fourth-order valence-electron chi connectivity index (χ4n) is 3.48. The summed E-state index contributed by atoms with van der Waals surface area (Å²) in [5.41, 5.74) is 7.65. The topological polar surface area (TPSA) is 76.6 Å². The Morgan fingerprint density at radius 1 is 1.17 bits per heavy atom. The van der Waals surface area contributed by atoms with Gasteiger partial charge >= 0.3 is 0 Å². The Morgan fingerprint density at radius 2 is 1.83 bits per heavy atom. The van der Waals surface area contributed by atoms with Crippen molar-refractivity contribution >= 4 is 29.1 Å². The molecule has 3 rings (SSSR count). The lowest BCUT2D eigenvalue weighted by Crippen LogP contribution is -2.47.